The SMILES string of the molecule is CCC(N1c2ccccc2Sc2ccc(C(=O)NCCC(C)C)cc21)C1(CO)CCCN1.Cl. The van der Waals surface area contributed by atoms with Crippen molar-refractivity contribution < 1.29 is 9.90 Å². The molecule has 2 aromatic carbocycles. The van der Waals surface area contributed by atoms with Crippen LogP contribution in [0.25, 0.3) is 0 Å². The maximum Gasteiger partial charge on any atom is 0.251 e. The summed E-state index contributed by atoms with van der Waals surface area (Å²) in [5.74, 6) is 0.530. The van der Waals surface area contributed by atoms with Crippen molar-refractivity contribution in [1.29, 1.82) is 0 Å². The Balaban J connectivity index is 0.00000306. The minimum atomic E-state index is -0.351. The molecule has 1 saturated heterocycles. The molecule has 0 aliphatic carbocycles. The van der Waals surface area contributed by atoms with Gasteiger partial charge in [-0.15, -0.1) is 12.4 Å². The first-order valence-electron chi connectivity index (χ1n) is 11.8. The summed E-state index contributed by atoms with van der Waals surface area (Å²) in [5.41, 5.74) is 2.54. The van der Waals surface area contributed by atoms with Gasteiger partial charge < -0.3 is 20.6 Å². The number of amides is 1. The van der Waals surface area contributed by atoms with E-state index in [-0.39, 0.29) is 36.5 Å². The van der Waals surface area contributed by atoms with E-state index in [4.69, 9.17) is 0 Å². The predicted octanol–water partition coefficient (Wildman–Crippen LogP) is 5.38. The van der Waals surface area contributed by atoms with E-state index in [0.29, 0.717) is 18.0 Å². The quantitative estimate of drug-likeness (QED) is 0.464. The van der Waals surface area contributed by atoms with Crippen LogP contribution in [-0.2, 0) is 0 Å². The fourth-order valence-corrected chi connectivity index (χ4v) is 6.06. The van der Waals surface area contributed by atoms with E-state index in [1.807, 2.05) is 12.1 Å². The Labute approximate surface area is 208 Å². The molecular weight excluding hydrogens is 454 g/mol. The second-order valence-electron chi connectivity index (χ2n) is 9.33. The van der Waals surface area contributed by atoms with Crippen LogP contribution in [0.5, 0.6) is 0 Å². The third kappa shape index (κ3) is 5.19. The monoisotopic (exact) mass is 489 g/mol. The fraction of sp³-hybridized carbons (Fsp3) is 0.500. The van der Waals surface area contributed by atoms with E-state index in [0.717, 1.165) is 48.5 Å². The number of nitrogens with one attached hydrogen (secondary N) is 2. The lowest BCUT2D eigenvalue weighted by atomic mass is 9.85. The molecule has 2 heterocycles. The molecule has 0 bridgehead atoms. The van der Waals surface area contributed by atoms with Crippen molar-refractivity contribution in [1.82, 2.24) is 10.6 Å². The van der Waals surface area contributed by atoms with Crippen LogP contribution in [0.4, 0.5) is 11.4 Å². The molecule has 0 saturated carbocycles. The Kier molecular flexibility index (Phi) is 8.73. The molecule has 33 heavy (non-hydrogen) atoms. The number of carbonyl (C=O) groups is 1. The van der Waals surface area contributed by atoms with Gasteiger partial charge in [0.1, 0.15) is 0 Å². The number of halogens is 1. The van der Waals surface area contributed by atoms with Gasteiger partial charge in [-0.1, -0.05) is 44.7 Å². The van der Waals surface area contributed by atoms with Crippen LogP contribution in [0.3, 0.4) is 0 Å². The lowest BCUT2D eigenvalue weighted by Crippen LogP contribution is -2.59. The second-order valence-corrected chi connectivity index (χ2v) is 10.4. The molecule has 2 unspecified atom stereocenters. The molecule has 0 aromatic heterocycles. The van der Waals surface area contributed by atoms with E-state index in [9.17, 15) is 9.90 Å². The zero-order chi connectivity index (χ0) is 22.7. The standard InChI is InChI=1S/C26H35N3O2S.ClH/c1-4-24(26(17-30)13-7-14-28-26)29-20-8-5-6-9-22(20)32-23-11-10-19(16-21(23)29)25(31)27-15-12-18(2)3;/h5-6,8-11,16,18,24,28,30H,4,7,12-15,17H2,1-3H3,(H,27,31);1H. The number of hydrogen-bond acceptors (Lipinski definition) is 5. The van der Waals surface area contributed by atoms with Crippen molar-refractivity contribution in [3.8, 4) is 0 Å². The fourth-order valence-electron chi connectivity index (χ4n) is 5.01. The average Bonchev–Trinajstić information content (AvgIpc) is 3.28. The molecule has 7 heteroatoms. The van der Waals surface area contributed by atoms with Crippen LogP contribution in [0.1, 0.15) is 56.8 Å². The van der Waals surface area contributed by atoms with Gasteiger partial charge >= 0.3 is 0 Å². The number of aliphatic hydroxyl groups is 1. The zero-order valence-electron chi connectivity index (χ0n) is 19.8. The number of aliphatic hydroxyl groups excluding tert-OH is 1. The molecule has 2 atom stereocenters. The molecule has 3 N–H and O–H groups in total. The molecule has 4 rings (SSSR count). The maximum atomic E-state index is 12.9. The Hall–Kier alpha value is -1.73. The summed E-state index contributed by atoms with van der Waals surface area (Å²) in [5, 5.41) is 17.2. The van der Waals surface area contributed by atoms with Gasteiger partial charge in [0.15, 0.2) is 0 Å². The van der Waals surface area contributed by atoms with E-state index in [1.165, 1.54) is 4.90 Å². The number of fused-ring (bicyclic) bond motifs is 2. The van der Waals surface area contributed by atoms with Crippen LogP contribution in [0, 0.1) is 5.92 Å². The minimum absolute atomic E-state index is 0. The summed E-state index contributed by atoms with van der Waals surface area (Å²) in [6, 6.07) is 14.6. The summed E-state index contributed by atoms with van der Waals surface area (Å²) in [4.78, 5) is 17.6. The Morgan fingerprint density at radius 3 is 2.64 bits per heavy atom. The number of nitrogens with zero attached hydrogens (tertiary/aromatic N) is 1. The number of benzene rings is 2. The summed E-state index contributed by atoms with van der Waals surface area (Å²) in [7, 11) is 0. The van der Waals surface area contributed by atoms with Gasteiger partial charge in [0.25, 0.3) is 5.91 Å². The molecular formula is C26H36ClN3O2S. The van der Waals surface area contributed by atoms with Gasteiger partial charge in [-0.3, -0.25) is 4.79 Å². The van der Waals surface area contributed by atoms with Crippen LogP contribution >= 0.6 is 24.2 Å². The van der Waals surface area contributed by atoms with Gasteiger partial charge in [-0.25, -0.2) is 0 Å². The molecule has 2 aliphatic rings. The Morgan fingerprint density at radius 1 is 1.21 bits per heavy atom. The number of rotatable bonds is 8. The maximum absolute atomic E-state index is 12.9. The smallest absolute Gasteiger partial charge is 0.251 e. The molecule has 180 valence electrons. The predicted molar refractivity (Wildman–Crippen MR) is 139 cm³/mol. The number of para-hydroxylation sites is 1. The van der Waals surface area contributed by atoms with Crippen LogP contribution in [-0.4, -0.2) is 42.3 Å². The largest absolute Gasteiger partial charge is 0.394 e. The van der Waals surface area contributed by atoms with Crippen LogP contribution in [0.2, 0.25) is 0 Å². The number of carbonyl (C=O) groups excluding carboxylic acids is 1. The molecule has 1 amide bonds. The molecule has 1 fully saturated rings. The molecule has 2 aromatic rings. The van der Waals surface area contributed by atoms with Gasteiger partial charge in [0, 0.05) is 21.9 Å². The molecule has 0 radical (unpaired) electrons. The topological polar surface area (TPSA) is 64.6 Å². The van der Waals surface area contributed by atoms with Crippen LogP contribution in [0.15, 0.2) is 52.3 Å². The highest BCUT2D eigenvalue weighted by Crippen LogP contribution is 2.51. The van der Waals surface area contributed by atoms with E-state index < -0.39 is 0 Å². The first-order chi connectivity index (χ1) is 15.5. The lowest BCUT2D eigenvalue weighted by Gasteiger charge is -2.46. The first kappa shape index (κ1) is 25.9. The van der Waals surface area contributed by atoms with Gasteiger partial charge in [-0.05, 0) is 68.5 Å². The van der Waals surface area contributed by atoms with Gasteiger partial charge in [0.05, 0.1) is 29.6 Å². The second kappa shape index (κ2) is 11.1. The van der Waals surface area contributed by atoms with E-state index >= 15 is 0 Å². The normalized spacial score (nSPS) is 20.1. The van der Waals surface area contributed by atoms with Gasteiger partial charge in [0.2, 0.25) is 0 Å². The van der Waals surface area contributed by atoms with Crippen molar-refractivity contribution in [3.63, 3.8) is 0 Å². The summed E-state index contributed by atoms with van der Waals surface area (Å²) in [6.45, 7) is 8.22. The van der Waals surface area contributed by atoms with E-state index in [1.54, 1.807) is 11.8 Å². The molecule has 2 aliphatic heterocycles. The third-order valence-corrected chi connectivity index (χ3v) is 7.86. The van der Waals surface area contributed by atoms with Crippen molar-refractivity contribution in [2.45, 2.75) is 67.8 Å². The zero-order valence-corrected chi connectivity index (χ0v) is 21.4. The highest BCUT2D eigenvalue weighted by molar-refractivity contribution is 7.99. The van der Waals surface area contributed by atoms with Crippen molar-refractivity contribution in [2.75, 3.05) is 24.6 Å². The summed E-state index contributed by atoms with van der Waals surface area (Å²) < 4.78 is 0. The van der Waals surface area contributed by atoms with Crippen molar-refractivity contribution in [3.05, 3.63) is 48.0 Å². The number of hydrogen-bond donors (Lipinski definition) is 3. The highest BCUT2D eigenvalue weighted by Gasteiger charge is 2.45. The average molecular weight is 490 g/mol. The molecule has 5 nitrogen and oxygen atoms in total. The van der Waals surface area contributed by atoms with Gasteiger partial charge in [-0.2, -0.15) is 0 Å². The summed E-state index contributed by atoms with van der Waals surface area (Å²) in [6.07, 6.45) is 3.86. The van der Waals surface area contributed by atoms with E-state index in [2.05, 4.69) is 66.6 Å². The van der Waals surface area contributed by atoms with Crippen LogP contribution < -0.4 is 15.5 Å². The lowest BCUT2D eigenvalue weighted by molar-refractivity contribution is 0.0952. The highest BCUT2D eigenvalue weighted by atomic mass is 35.5. The first-order valence-corrected chi connectivity index (χ1v) is 12.6. The van der Waals surface area contributed by atoms with Crippen molar-refractivity contribution in [2.24, 2.45) is 5.92 Å². The van der Waals surface area contributed by atoms with Crippen molar-refractivity contribution >= 4 is 41.5 Å². The Bertz CT molecular complexity index is 962. The summed E-state index contributed by atoms with van der Waals surface area (Å²) >= 11 is 1.75. The Morgan fingerprint density at radius 2 is 1.97 bits per heavy atom. The number of anilines is 2. The molecule has 0 spiro atoms. The minimum Gasteiger partial charge on any atom is -0.394 e. The third-order valence-electron chi connectivity index (χ3n) is 6.73.